The van der Waals surface area contributed by atoms with Gasteiger partial charge in [-0.25, -0.2) is 9.45 Å². The highest BCUT2D eigenvalue weighted by atomic mass is 19.1. The standard InChI is InChI=1S/C16H18FN3O3/c1-19(23-2)16(22)11-8-20(9-11)15(21)5-10-7-18-14-6-12(17)3-4-13(10)14/h3-4,6-7,11,18H,5,8-9H2,1-2H3. The van der Waals surface area contributed by atoms with Crippen molar-refractivity contribution in [2.24, 2.45) is 5.92 Å². The van der Waals surface area contributed by atoms with Crippen LogP contribution in [0.15, 0.2) is 24.4 Å². The van der Waals surface area contributed by atoms with E-state index in [9.17, 15) is 14.0 Å². The molecule has 7 heteroatoms. The summed E-state index contributed by atoms with van der Waals surface area (Å²) < 4.78 is 13.2. The van der Waals surface area contributed by atoms with Gasteiger partial charge in [-0.1, -0.05) is 0 Å². The van der Waals surface area contributed by atoms with Crippen molar-refractivity contribution < 1.29 is 18.8 Å². The Balaban J connectivity index is 1.61. The zero-order valence-corrected chi connectivity index (χ0v) is 13.0. The summed E-state index contributed by atoms with van der Waals surface area (Å²) in [6.07, 6.45) is 1.95. The maximum absolute atomic E-state index is 13.2. The molecule has 1 aliphatic rings. The highest BCUT2D eigenvalue weighted by molar-refractivity contribution is 5.90. The number of hydroxylamine groups is 2. The molecule has 2 aromatic rings. The number of fused-ring (bicyclic) bond motifs is 1. The molecule has 6 nitrogen and oxygen atoms in total. The van der Waals surface area contributed by atoms with Crippen molar-refractivity contribution >= 4 is 22.7 Å². The summed E-state index contributed by atoms with van der Waals surface area (Å²) in [5.41, 5.74) is 1.50. The van der Waals surface area contributed by atoms with E-state index in [-0.39, 0.29) is 30.0 Å². The number of H-pyrrole nitrogens is 1. The fourth-order valence-corrected chi connectivity index (χ4v) is 2.76. The predicted octanol–water partition coefficient (Wildman–Crippen LogP) is 1.33. The second-order valence-corrected chi connectivity index (χ2v) is 5.69. The van der Waals surface area contributed by atoms with Gasteiger partial charge in [0.15, 0.2) is 0 Å². The average Bonchev–Trinajstić information content (AvgIpc) is 2.86. The van der Waals surface area contributed by atoms with Gasteiger partial charge >= 0.3 is 0 Å². The molecule has 1 saturated heterocycles. The monoisotopic (exact) mass is 319 g/mol. The fraction of sp³-hybridized carbons (Fsp3) is 0.375. The zero-order valence-electron chi connectivity index (χ0n) is 13.0. The van der Waals surface area contributed by atoms with Crippen molar-refractivity contribution in [2.75, 3.05) is 27.2 Å². The minimum Gasteiger partial charge on any atom is -0.361 e. The second kappa shape index (κ2) is 6.00. The maximum Gasteiger partial charge on any atom is 0.252 e. The summed E-state index contributed by atoms with van der Waals surface area (Å²) in [6.45, 7) is 0.810. The van der Waals surface area contributed by atoms with Gasteiger partial charge in [0.05, 0.1) is 19.4 Å². The molecule has 23 heavy (non-hydrogen) atoms. The predicted molar refractivity (Wildman–Crippen MR) is 81.8 cm³/mol. The van der Waals surface area contributed by atoms with Crippen LogP contribution in [0.4, 0.5) is 4.39 Å². The SMILES string of the molecule is CON(C)C(=O)C1CN(C(=O)Cc2c[nH]c3cc(F)ccc23)C1. The van der Waals surface area contributed by atoms with Crippen LogP contribution in [0.25, 0.3) is 10.9 Å². The molecule has 1 aromatic carbocycles. The topological polar surface area (TPSA) is 65.6 Å². The number of aromatic nitrogens is 1. The van der Waals surface area contributed by atoms with Crippen LogP contribution in [0.3, 0.4) is 0 Å². The van der Waals surface area contributed by atoms with E-state index in [0.29, 0.717) is 18.6 Å². The molecule has 2 amide bonds. The molecule has 2 heterocycles. The lowest BCUT2D eigenvalue weighted by Gasteiger charge is -2.39. The van der Waals surface area contributed by atoms with Gasteiger partial charge in [-0.05, 0) is 23.8 Å². The third kappa shape index (κ3) is 2.92. The first-order valence-corrected chi connectivity index (χ1v) is 7.34. The quantitative estimate of drug-likeness (QED) is 0.865. The van der Waals surface area contributed by atoms with Crippen LogP contribution < -0.4 is 0 Å². The Morgan fingerprint density at radius 3 is 2.87 bits per heavy atom. The van der Waals surface area contributed by atoms with E-state index >= 15 is 0 Å². The molecule has 0 saturated carbocycles. The smallest absolute Gasteiger partial charge is 0.252 e. The summed E-state index contributed by atoms with van der Waals surface area (Å²) in [5.74, 6) is -0.692. The molecular weight excluding hydrogens is 301 g/mol. The van der Waals surface area contributed by atoms with Crippen LogP contribution in [0, 0.1) is 11.7 Å². The van der Waals surface area contributed by atoms with E-state index in [1.54, 1.807) is 24.2 Å². The summed E-state index contributed by atoms with van der Waals surface area (Å²) in [5, 5.41) is 2.02. The normalized spacial score (nSPS) is 14.8. The Morgan fingerprint density at radius 1 is 1.43 bits per heavy atom. The zero-order chi connectivity index (χ0) is 16.6. The van der Waals surface area contributed by atoms with Gasteiger partial charge < -0.3 is 9.88 Å². The van der Waals surface area contributed by atoms with Crippen molar-refractivity contribution in [1.29, 1.82) is 0 Å². The van der Waals surface area contributed by atoms with Crippen molar-refractivity contribution in [3.63, 3.8) is 0 Å². The number of halogens is 1. The van der Waals surface area contributed by atoms with Crippen molar-refractivity contribution in [1.82, 2.24) is 14.9 Å². The van der Waals surface area contributed by atoms with Gasteiger partial charge in [-0.2, -0.15) is 0 Å². The van der Waals surface area contributed by atoms with E-state index in [0.717, 1.165) is 10.9 Å². The molecule has 0 unspecified atom stereocenters. The highest BCUT2D eigenvalue weighted by Crippen LogP contribution is 2.23. The van der Waals surface area contributed by atoms with E-state index in [2.05, 4.69) is 4.98 Å². The molecule has 0 atom stereocenters. The summed E-state index contributed by atoms with van der Waals surface area (Å²) in [6, 6.07) is 4.45. The third-order valence-electron chi connectivity index (χ3n) is 4.24. The first-order chi connectivity index (χ1) is 11.0. The van der Waals surface area contributed by atoms with Gasteiger partial charge in [0, 0.05) is 37.2 Å². The molecule has 3 rings (SSSR count). The van der Waals surface area contributed by atoms with Crippen LogP contribution in [0.5, 0.6) is 0 Å². The lowest BCUT2D eigenvalue weighted by atomic mass is 9.98. The molecule has 0 bridgehead atoms. The van der Waals surface area contributed by atoms with Crippen LogP contribution in [0.2, 0.25) is 0 Å². The maximum atomic E-state index is 13.2. The molecule has 122 valence electrons. The van der Waals surface area contributed by atoms with E-state index in [1.165, 1.54) is 24.3 Å². The van der Waals surface area contributed by atoms with E-state index < -0.39 is 0 Å². The number of hydrogen-bond donors (Lipinski definition) is 1. The molecule has 0 aliphatic carbocycles. The summed E-state index contributed by atoms with van der Waals surface area (Å²) >= 11 is 0. The number of likely N-dealkylation sites (tertiary alicyclic amines) is 1. The largest absolute Gasteiger partial charge is 0.361 e. The number of benzene rings is 1. The molecule has 1 aromatic heterocycles. The van der Waals surface area contributed by atoms with Crippen molar-refractivity contribution in [2.45, 2.75) is 6.42 Å². The molecular formula is C16H18FN3O3. The second-order valence-electron chi connectivity index (χ2n) is 5.69. The van der Waals surface area contributed by atoms with E-state index in [1.807, 2.05) is 0 Å². The van der Waals surface area contributed by atoms with Crippen LogP contribution in [0.1, 0.15) is 5.56 Å². The number of hydrogen-bond acceptors (Lipinski definition) is 3. The van der Waals surface area contributed by atoms with Crippen molar-refractivity contribution in [3.8, 4) is 0 Å². The number of nitrogens with one attached hydrogen (secondary N) is 1. The number of nitrogens with zero attached hydrogens (tertiary/aromatic N) is 2. The Bertz CT molecular complexity index is 752. The number of rotatable bonds is 4. The minimum atomic E-state index is -0.316. The van der Waals surface area contributed by atoms with Gasteiger partial charge in [0.25, 0.3) is 5.91 Å². The van der Waals surface area contributed by atoms with Gasteiger partial charge in [-0.3, -0.25) is 14.4 Å². The van der Waals surface area contributed by atoms with Gasteiger partial charge in [0.1, 0.15) is 5.82 Å². The van der Waals surface area contributed by atoms with Crippen LogP contribution in [-0.2, 0) is 20.8 Å². The highest BCUT2D eigenvalue weighted by Gasteiger charge is 2.37. The van der Waals surface area contributed by atoms with Gasteiger partial charge in [-0.15, -0.1) is 0 Å². The number of amides is 2. The first kappa shape index (κ1) is 15.5. The summed E-state index contributed by atoms with van der Waals surface area (Å²) in [4.78, 5) is 33.6. The molecule has 0 radical (unpaired) electrons. The Labute approximate surface area is 132 Å². The third-order valence-corrected chi connectivity index (χ3v) is 4.24. The number of aromatic amines is 1. The lowest BCUT2D eigenvalue weighted by molar-refractivity contribution is -0.179. The molecule has 1 aliphatic heterocycles. The first-order valence-electron chi connectivity index (χ1n) is 7.34. The molecule has 1 N–H and O–H groups in total. The fourth-order valence-electron chi connectivity index (χ4n) is 2.76. The molecule has 1 fully saturated rings. The van der Waals surface area contributed by atoms with Gasteiger partial charge in [0.2, 0.25) is 5.91 Å². The van der Waals surface area contributed by atoms with Crippen LogP contribution in [-0.4, -0.2) is 54.0 Å². The Morgan fingerprint density at radius 2 is 2.17 bits per heavy atom. The number of carbonyl (C=O) groups excluding carboxylic acids is 2. The lowest BCUT2D eigenvalue weighted by Crippen LogP contribution is -2.56. The average molecular weight is 319 g/mol. The Kier molecular flexibility index (Phi) is 4.04. The summed E-state index contributed by atoms with van der Waals surface area (Å²) in [7, 11) is 2.98. The minimum absolute atomic E-state index is 0.0423. The Hall–Kier alpha value is -2.41. The van der Waals surface area contributed by atoms with Crippen LogP contribution >= 0.6 is 0 Å². The molecule has 0 spiro atoms. The van der Waals surface area contributed by atoms with Crippen molar-refractivity contribution in [3.05, 3.63) is 35.8 Å². The number of carbonyl (C=O) groups is 2. The van der Waals surface area contributed by atoms with E-state index in [4.69, 9.17) is 4.84 Å².